The van der Waals surface area contributed by atoms with Crippen molar-refractivity contribution in [3.63, 3.8) is 0 Å². The molecule has 28 heavy (non-hydrogen) atoms. The first-order valence-electron chi connectivity index (χ1n) is 7.60. The van der Waals surface area contributed by atoms with Gasteiger partial charge in [-0.1, -0.05) is 23.2 Å². The lowest BCUT2D eigenvalue weighted by molar-refractivity contribution is -0.137. The van der Waals surface area contributed by atoms with Gasteiger partial charge in [0.05, 0.1) is 27.5 Å². The van der Waals surface area contributed by atoms with Gasteiger partial charge in [0, 0.05) is 12.8 Å². The Balaban J connectivity index is 1.81. The molecule has 3 rings (SSSR count). The number of imidazole rings is 1. The number of rotatable bonds is 4. The van der Waals surface area contributed by atoms with Crippen molar-refractivity contribution in [2.45, 2.75) is 19.0 Å². The molecule has 0 unspecified atom stereocenters. The fourth-order valence-electron chi connectivity index (χ4n) is 2.39. The Morgan fingerprint density at radius 1 is 1.11 bits per heavy atom. The molecule has 0 fully saturated rings. The minimum absolute atomic E-state index is 0.00414. The zero-order valence-corrected chi connectivity index (χ0v) is 15.2. The van der Waals surface area contributed by atoms with Crippen molar-refractivity contribution in [3.8, 4) is 17.8 Å². The van der Waals surface area contributed by atoms with Crippen LogP contribution in [0, 0.1) is 22.7 Å². The number of hydrogen-bond acceptors (Lipinski definition) is 5. The highest BCUT2D eigenvalue weighted by Gasteiger charge is 2.32. The van der Waals surface area contributed by atoms with Gasteiger partial charge in [-0.05, 0) is 12.1 Å². The van der Waals surface area contributed by atoms with E-state index >= 15 is 0 Å². The minimum Gasteiger partial charge on any atom is -0.333 e. The van der Waals surface area contributed by atoms with Gasteiger partial charge in [0.15, 0.2) is 11.4 Å². The van der Waals surface area contributed by atoms with Crippen LogP contribution in [0.4, 0.5) is 13.2 Å². The van der Waals surface area contributed by atoms with Crippen LogP contribution in [0.15, 0.2) is 18.3 Å². The molecule has 0 atom stereocenters. The highest BCUT2D eigenvalue weighted by atomic mass is 35.5. The number of alkyl halides is 3. The molecule has 3 aromatic rings. The number of benzene rings is 1. The Morgan fingerprint density at radius 2 is 1.79 bits per heavy atom. The van der Waals surface area contributed by atoms with E-state index in [1.54, 1.807) is 0 Å². The first-order chi connectivity index (χ1) is 13.2. The molecule has 2 heterocycles. The summed E-state index contributed by atoms with van der Waals surface area (Å²) >= 11 is 11.9. The Morgan fingerprint density at radius 3 is 2.32 bits per heavy atom. The van der Waals surface area contributed by atoms with E-state index in [2.05, 4.69) is 20.2 Å². The Hall–Kier alpha value is -3.08. The summed E-state index contributed by atoms with van der Waals surface area (Å²) in [6.45, 7) is 0. The average molecular weight is 426 g/mol. The molecule has 142 valence electrons. The second kappa shape index (κ2) is 7.50. The van der Waals surface area contributed by atoms with Gasteiger partial charge < -0.3 is 4.98 Å². The summed E-state index contributed by atoms with van der Waals surface area (Å²) in [5.74, 6) is 0.424. The Bertz CT molecular complexity index is 1060. The van der Waals surface area contributed by atoms with Crippen LogP contribution in [0.5, 0.6) is 0 Å². The first kappa shape index (κ1) is 19.7. The largest absolute Gasteiger partial charge is 0.416 e. The van der Waals surface area contributed by atoms with Gasteiger partial charge in [-0.15, -0.1) is 4.80 Å². The van der Waals surface area contributed by atoms with E-state index in [4.69, 9.17) is 33.7 Å². The molecule has 0 saturated carbocycles. The average Bonchev–Trinajstić information content (AvgIpc) is 3.24. The third-order valence-corrected chi connectivity index (χ3v) is 4.25. The zero-order valence-electron chi connectivity index (χ0n) is 13.7. The van der Waals surface area contributed by atoms with Gasteiger partial charge >= 0.3 is 6.18 Å². The van der Waals surface area contributed by atoms with Crippen molar-refractivity contribution in [2.24, 2.45) is 0 Å². The van der Waals surface area contributed by atoms with Crippen LogP contribution >= 0.6 is 23.2 Å². The maximum absolute atomic E-state index is 12.8. The second-order valence-corrected chi connectivity index (χ2v) is 6.36. The Labute approximate surface area is 165 Å². The number of nitrogens with zero attached hydrogens (tertiary/aromatic N) is 6. The van der Waals surface area contributed by atoms with Crippen LogP contribution in [0.25, 0.3) is 5.69 Å². The van der Waals surface area contributed by atoms with Gasteiger partial charge in [-0.25, -0.2) is 4.98 Å². The molecule has 0 aliphatic heterocycles. The summed E-state index contributed by atoms with van der Waals surface area (Å²) in [5.41, 5.74) is -0.383. The third-order valence-electron chi connectivity index (χ3n) is 3.67. The number of nitriles is 2. The maximum Gasteiger partial charge on any atom is 0.416 e. The maximum atomic E-state index is 12.8. The SMILES string of the molecule is N#Cc1nc(CCc2cnn(-c3c(Cl)cc(C(F)(F)F)cc3Cl)n2)[nH]c1C#N. The van der Waals surface area contributed by atoms with Crippen molar-refractivity contribution in [1.29, 1.82) is 10.5 Å². The van der Waals surface area contributed by atoms with Crippen LogP contribution in [-0.2, 0) is 19.0 Å². The fourth-order valence-corrected chi connectivity index (χ4v) is 3.02. The van der Waals surface area contributed by atoms with Crippen LogP contribution in [-0.4, -0.2) is 25.0 Å². The normalized spacial score (nSPS) is 11.2. The Kier molecular flexibility index (Phi) is 5.27. The fraction of sp³-hybridized carbons (Fsp3) is 0.188. The summed E-state index contributed by atoms with van der Waals surface area (Å²) < 4.78 is 38.5. The second-order valence-electron chi connectivity index (χ2n) is 5.54. The van der Waals surface area contributed by atoms with Gasteiger partial charge in [-0.2, -0.15) is 33.9 Å². The molecular weight excluding hydrogens is 418 g/mol. The lowest BCUT2D eigenvalue weighted by Crippen LogP contribution is -2.08. The van der Waals surface area contributed by atoms with E-state index in [0.29, 0.717) is 24.4 Å². The number of aromatic amines is 1. The molecule has 0 bridgehead atoms. The molecule has 2 aromatic heterocycles. The van der Waals surface area contributed by atoms with Crippen molar-refractivity contribution in [1.82, 2.24) is 25.0 Å². The van der Waals surface area contributed by atoms with E-state index in [1.165, 1.54) is 6.20 Å². The van der Waals surface area contributed by atoms with Crippen LogP contribution in [0.3, 0.4) is 0 Å². The van der Waals surface area contributed by atoms with Crippen LogP contribution < -0.4 is 0 Å². The smallest absolute Gasteiger partial charge is 0.333 e. The predicted octanol–water partition coefficient (Wildman–Crippen LogP) is 3.84. The minimum atomic E-state index is -4.58. The molecular formula is C16H8Cl2F3N7. The van der Waals surface area contributed by atoms with Gasteiger partial charge in [-0.3, -0.25) is 0 Å². The molecule has 0 saturated heterocycles. The molecule has 0 amide bonds. The molecule has 0 aliphatic rings. The summed E-state index contributed by atoms with van der Waals surface area (Å²) in [6, 6.07) is 5.15. The monoisotopic (exact) mass is 425 g/mol. The third kappa shape index (κ3) is 3.93. The van der Waals surface area contributed by atoms with Gasteiger partial charge in [0.1, 0.15) is 23.7 Å². The quantitative estimate of drug-likeness (QED) is 0.682. The molecule has 0 spiro atoms. The lowest BCUT2D eigenvalue weighted by atomic mass is 10.2. The van der Waals surface area contributed by atoms with E-state index in [0.717, 1.165) is 16.9 Å². The lowest BCUT2D eigenvalue weighted by Gasteiger charge is -2.11. The van der Waals surface area contributed by atoms with Crippen molar-refractivity contribution < 1.29 is 13.2 Å². The molecule has 0 aliphatic carbocycles. The topological polar surface area (TPSA) is 107 Å². The molecule has 7 nitrogen and oxygen atoms in total. The van der Waals surface area contributed by atoms with Gasteiger partial charge in [0.2, 0.25) is 0 Å². The van der Waals surface area contributed by atoms with E-state index in [-0.39, 0.29) is 27.1 Å². The van der Waals surface area contributed by atoms with Crippen molar-refractivity contribution in [3.05, 3.63) is 56.8 Å². The predicted molar refractivity (Wildman–Crippen MR) is 91.8 cm³/mol. The number of aryl methyl sites for hydroxylation is 2. The summed E-state index contributed by atoms with van der Waals surface area (Å²) in [4.78, 5) is 7.77. The summed E-state index contributed by atoms with van der Waals surface area (Å²) in [7, 11) is 0. The number of aromatic nitrogens is 5. The number of H-pyrrole nitrogens is 1. The summed E-state index contributed by atoms with van der Waals surface area (Å²) in [6.07, 6.45) is -2.49. The highest BCUT2D eigenvalue weighted by Crippen LogP contribution is 2.37. The summed E-state index contributed by atoms with van der Waals surface area (Å²) in [5, 5.41) is 25.5. The number of halogens is 5. The van der Waals surface area contributed by atoms with Crippen LogP contribution in [0.2, 0.25) is 10.0 Å². The molecule has 1 aromatic carbocycles. The molecule has 0 radical (unpaired) electrons. The van der Waals surface area contributed by atoms with Crippen molar-refractivity contribution in [2.75, 3.05) is 0 Å². The molecule has 1 N–H and O–H groups in total. The number of nitrogens with one attached hydrogen (secondary N) is 1. The standard InChI is InChI=1S/C16H8Cl2F3N7/c17-10-3-8(16(19,20)21)4-11(18)15(10)28-24-7-9(27-28)1-2-14-25-12(5-22)13(6-23)26-14/h3-4,7H,1-2H2,(H,25,26). The highest BCUT2D eigenvalue weighted by molar-refractivity contribution is 6.37. The van der Waals surface area contributed by atoms with E-state index in [1.807, 2.05) is 12.1 Å². The van der Waals surface area contributed by atoms with Crippen LogP contribution in [0.1, 0.15) is 28.5 Å². The molecule has 12 heteroatoms. The first-order valence-corrected chi connectivity index (χ1v) is 8.35. The van der Waals surface area contributed by atoms with Gasteiger partial charge in [0.25, 0.3) is 0 Å². The zero-order chi connectivity index (χ0) is 20.5. The number of hydrogen-bond donors (Lipinski definition) is 1. The van der Waals surface area contributed by atoms with E-state index < -0.39 is 11.7 Å². The van der Waals surface area contributed by atoms with E-state index in [9.17, 15) is 13.2 Å². The van der Waals surface area contributed by atoms with Crippen molar-refractivity contribution >= 4 is 23.2 Å².